The number of carbonyl (C=O) groups excluding carboxylic acids is 2. The molecule has 0 saturated heterocycles. The van der Waals surface area contributed by atoms with Crippen molar-refractivity contribution in [2.24, 2.45) is 0 Å². The lowest BCUT2D eigenvalue weighted by Crippen LogP contribution is -2.36. The summed E-state index contributed by atoms with van der Waals surface area (Å²) >= 11 is 1.35. The van der Waals surface area contributed by atoms with Crippen LogP contribution in [0.4, 0.5) is 5.69 Å². The quantitative estimate of drug-likeness (QED) is 0.635. The fraction of sp³-hybridized carbons (Fsp3) is 0.182. The highest BCUT2D eigenvalue weighted by Crippen LogP contribution is 2.21. The van der Waals surface area contributed by atoms with Crippen molar-refractivity contribution in [1.29, 1.82) is 0 Å². The first-order valence-electron chi connectivity index (χ1n) is 8.84. The van der Waals surface area contributed by atoms with Crippen molar-refractivity contribution >= 4 is 28.8 Å². The number of thiophene rings is 1. The van der Waals surface area contributed by atoms with Crippen LogP contribution in [0.3, 0.4) is 0 Å². The maximum atomic E-state index is 13.0. The zero-order valence-corrected chi connectivity index (χ0v) is 16.1. The van der Waals surface area contributed by atoms with E-state index in [1.54, 1.807) is 6.07 Å². The van der Waals surface area contributed by atoms with Crippen molar-refractivity contribution < 1.29 is 9.59 Å². The third kappa shape index (κ3) is 4.83. The zero-order chi connectivity index (χ0) is 19.2. The molecule has 3 aromatic rings. The lowest BCUT2D eigenvalue weighted by molar-refractivity contribution is -0.118. The minimum Gasteiger partial charge on any atom is -0.336 e. The maximum Gasteiger partial charge on any atom is 0.262 e. The number of rotatable bonds is 6. The molecule has 2 amide bonds. The van der Waals surface area contributed by atoms with Crippen molar-refractivity contribution in [3.05, 3.63) is 88.1 Å². The van der Waals surface area contributed by atoms with Gasteiger partial charge in [-0.25, -0.2) is 0 Å². The van der Waals surface area contributed by atoms with Crippen LogP contribution in [0.15, 0.2) is 72.1 Å². The highest BCUT2D eigenvalue weighted by Gasteiger charge is 2.24. The van der Waals surface area contributed by atoms with Crippen molar-refractivity contribution in [2.75, 3.05) is 5.32 Å². The smallest absolute Gasteiger partial charge is 0.262 e. The van der Waals surface area contributed by atoms with E-state index in [2.05, 4.69) is 24.5 Å². The van der Waals surface area contributed by atoms with Crippen molar-refractivity contribution in [3.8, 4) is 0 Å². The molecule has 1 unspecified atom stereocenters. The van der Waals surface area contributed by atoms with E-state index in [1.807, 2.05) is 66.0 Å². The molecule has 0 bridgehead atoms. The minimum absolute atomic E-state index is 0.259. The van der Waals surface area contributed by atoms with Gasteiger partial charge in [-0.1, -0.05) is 62.4 Å². The van der Waals surface area contributed by atoms with E-state index < -0.39 is 6.04 Å². The normalized spacial score (nSPS) is 11.8. The number of nitrogens with one attached hydrogen (secondary N) is 2. The maximum absolute atomic E-state index is 13.0. The summed E-state index contributed by atoms with van der Waals surface area (Å²) < 4.78 is 0. The molecule has 2 aromatic carbocycles. The summed E-state index contributed by atoms with van der Waals surface area (Å²) in [6.07, 6.45) is 0. The monoisotopic (exact) mass is 378 g/mol. The molecule has 27 heavy (non-hydrogen) atoms. The predicted octanol–water partition coefficient (Wildman–Crippen LogP) is 4.98. The molecule has 0 aliphatic heterocycles. The predicted molar refractivity (Wildman–Crippen MR) is 110 cm³/mol. The lowest BCUT2D eigenvalue weighted by atomic mass is 10.0. The Bertz CT molecular complexity index is 905. The summed E-state index contributed by atoms with van der Waals surface area (Å²) in [7, 11) is 0. The molecule has 0 radical (unpaired) electrons. The first-order chi connectivity index (χ1) is 13.0. The van der Waals surface area contributed by atoms with Crippen LogP contribution < -0.4 is 10.6 Å². The van der Waals surface area contributed by atoms with E-state index in [4.69, 9.17) is 0 Å². The Labute approximate surface area is 163 Å². The van der Waals surface area contributed by atoms with Crippen LogP contribution in [0.2, 0.25) is 0 Å². The van der Waals surface area contributed by atoms with Gasteiger partial charge in [0.1, 0.15) is 6.04 Å². The van der Waals surface area contributed by atoms with Crippen LogP contribution in [0, 0.1) is 0 Å². The van der Waals surface area contributed by atoms with Crippen molar-refractivity contribution in [3.63, 3.8) is 0 Å². The standard InChI is InChI=1S/C22H22N2O2S/c1-15(2)17-10-6-11-18(14-17)23-22(26)20(16-8-4-3-5-9-16)24-21(25)19-12-7-13-27-19/h3-15,20H,1-2H3,(H,23,26)(H,24,25). The van der Waals surface area contributed by atoms with Gasteiger partial charge >= 0.3 is 0 Å². The first-order valence-corrected chi connectivity index (χ1v) is 9.72. The molecule has 4 nitrogen and oxygen atoms in total. The Balaban J connectivity index is 1.83. The van der Waals surface area contributed by atoms with E-state index in [-0.39, 0.29) is 11.8 Å². The number of anilines is 1. The molecule has 3 rings (SSSR count). The van der Waals surface area contributed by atoms with Gasteiger partial charge in [0, 0.05) is 5.69 Å². The fourth-order valence-electron chi connectivity index (χ4n) is 2.75. The van der Waals surface area contributed by atoms with Crippen LogP contribution >= 0.6 is 11.3 Å². The molecular formula is C22H22N2O2S. The zero-order valence-electron chi connectivity index (χ0n) is 15.3. The van der Waals surface area contributed by atoms with E-state index in [0.29, 0.717) is 10.8 Å². The lowest BCUT2D eigenvalue weighted by Gasteiger charge is -2.19. The van der Waals surface area contributed by atoms with Gasteiger partial charge in [-0.2, -0.15) is 0 Å². The van der Waals surface area contributed by atoms with Gasteiger partial charge in [0.15, 0.2) is 0 Å². The molecular weight excluding hydrogens is 356 g/mol. The number of carbonyl (C=O) groups is 2. The Morgan fingerprint density at radius 1 is 0.889 bits per heavy atom. The van der Waals surface area contributed by atoms with E-state index in [0.717, 1.165) is 16.8 Å². The summed E-state index contributed by atoms with van der Waals surface area (Å²) in [5.41, 5.74) is 2.60. The molecule has 5 heteroatoms. The van der Waals surface area contributed by atoms with Gasteiger partial charge < -0.3 is 10.6 Å². The Kier molecular flexibility index (Phi) is 6.04. The molecule has 1 aromatic heterocycles. The third-order valence-electron chi connectivity index (χ3n) is 4.24. The van der Waals surface area contributed by atoms with Gasteiger partial charge in [0.05, 0.1) is 4.88 Å². The number of benzene rings is 2. The second kappa shape index (κ2) is 8.64. The number of hydrogen-bond acceptors (Lipinski definition) is 3. The largest absolute Gasteiger partial charge is 0.336 e. The molecule has 2 N–H and O–H groups in total. The molecule has 138 valence electrons. The van der Waals surface area contributed by atoms with Gasteiger partial charge in [-0.15, -0.1) is 11.3 Å². The highest BCUT2D eigenvalue weighted by atomic mass is 32.1. The molecule has 0 fully saturated rings. The SMILES string of the molecule is CC(C)c1cccc(NC(=O)C(NC(=O)c2cccs2)c2ccccc2)c1. The Hall–Kier alpha value is -2.92. The second-order valence-corrected chi connectivity index (χ2v) is 7.51. The molecule has 0 saturated carbocycles. The Morgan fingerprint density at radius 3 is 2.30 bits per heavy atom. The van der Waals surface area contributed by atoms with Gasteiger partial charge in [0.2, 0.25) is 0 Å². The van der Waals surface area contributed by atoms with E-state index >= 15 is 0 Å². The van der Waals surface area contributed by atoms with E-state index in [9.17, 15) is 9.59 Å². The van der Waals surface area contributed by atoms with Crippen LogP contribution in [0.5, 0.6) is 0 Å². The molecule has 0 aliphatic carbocycles. The summed E-state index contributed by atoms with van der Waals surface area (Å²) in [5.74, 6) is -0.165. The fourth-order valence-corrected chi connectivity index (χ4v) is 3.37. The van der Waals surface area contributed by atoms with Gasteiger partial charge in [-0.05, 0) is 40.6 Å². The van der Waals surface area contributed by atoms with E-state index in [1.165, 1.54) is 11.3 Å². The average molecular weight is 378 g/mol. The summed E-state index contributed by atoms with van der Waals surface area (Å²) in [6.45, 7) is 4.21. The summed E-state index contributed by atoms with van der Waals surface area (Å²) in [5, 5.41) is 7.63. The van der Waals surface area contributed by atoms with Crippen LogP contribution in [-0.2, 0) is 4.79 Å². The van der Waals surface area contributed by atoms with Crippen LogP contribution in [-0.4, -0.2) is 11.8 Å². The topological polar surface area (TPSA) is 58.2 Å². The number of hydrogen-bond donors (Lipinski definition) is 2. The first kappa shape index (κ1) is 18.9. The average Bonchev–Trinajstić information content (AvgIpc) is 3.21. The van der Waals surface area contributed by atoms with Gasteiger partial charge in [-0.3, -0.25) is 9.59 Å². The number of amides is 2. The van der Waals surface area contributed by atoms with Crippen LogP contribution in [0.25, 0.3) is 0 Å². The Morgan fingerprint density at radius 2 is 1.63 bits per heavy atom. The highest BCUT2D eigenvalue weighted by molar-refractivity contribution is 7.12. The molecule has 0 spiro atoms. The molecule has 1 heterocycles. The van der Waals surface area contributed by atoms with Crippen LogP contribution in [0.1, 0.15) is 46.6 Å². The molecule has 0 aliphatic rings. The second-order valence-electron chi connectivity index (χ2n) is 6.56. The minimum atomic E-state index is -0.775. The van der Waals surface area contributed by atoms with Gasteiger partial charge in [0.25, 0.3) is 11.8 Å². The van der Waals surface area contributed by atoms with Crippen molar-refractivity contribution in [1.82, 2.24) is 5.32 Å². The summed E-state index contributed by atoms with van der Waals surface area (Å²) in [4.78, 5) is 26.1. The third-order valence-corrected chi connectivity index (χ3v) is 5.10. The summed E-state index contributed by atoms with van der Waals surface area (Å²) in [6, 6.07) is 19.8. The van der Waals surface area contributed by atoms with Crippen molar-refractivity contribution in [2.45, 2.75) is 25.8 Å². The molecule has 1 atom stereocenters.